The van der Waals surface area contributed by atoms with Crippen molar-refractivity contribution in [3.8, 4) is 5.69 Å². The van der Waals surface area contributed by atoms with E-state index < -0.39 is 0 Å². The third-order valence-corrected chi connectivity index (χ3v) is 3.94. The van der Waals surface area contributed by atoms with Crippen LogP contribution in [-0.2, 0) is 12.8 Å². The molecule has 1 saturated heterocycles. The van der Waals surface area contributed by atoms with Gasteiger partial charge in [-0.2, -0.15) is 5.10 Å². The molecule has 1 aliphatic rings. The Kier molecular flexibility index (Phi) is 3.65. The molecule has 0 amide bonds. The first-order valence-corrected chi connectivity index (χ1v) is 7.23. The zero-order valence-electron chi connectivity index (χ0n) is 11.5. The topological polar surface area (TPSA) is 29.9 Å². The molecule has 0 radical (unpaired) electrons. The molecule has 19 heavy (non-hydrogen) atoms. The Labute approximate surface area is 114 Å². The summed E-state index contributed by atoms with van der Waals surface area (Å²) in [4.78, 5) is 0. The van der Waals surface area contributed by atoms with E-state index in [-0.39, 0.29) is 0 Å². The van der Waals surface area contributed by atoms with Gasteiger partial charge in [-0.25, -0.2) is 4.68 Å². The first kappa shape index (κ1) is 12.4. The van der Waals surface area contributed by atoms with Gasteiger partial charge in [0.2, 0.25) is 0 Å². The van der Waals surface area contributed by atoms with Gasteiger partial charge in [-0.1, -0.05) is 25.1 Å². The number of nitrogens with one attached hydrogen (secondary N) is 1. The summed E-state index contributed by atoms with van der Waals surface area (Å²) in [6, 6.07) is 11.0. The Morgan fingerprint density at radius 1 is 1.32 bits per heavy atom. The average molecular weight is 255 g/mol. The molecular formula is C16H21N3. The molecule has 100 valence electrons. The minimum atomic E-state index is 0.615. The number of nitrogens with zero attached hydrogens (tertiary/aromatic N) is 2. The first-order valence-electron chi connectivity index (χ1n) is 7.23. The average Bonchev–Trinajstić information content (AvgIpc) is 3.10. The number of aromatic nitrogens is 2. The minimum absolute atomic E-state index is 0.615. The molecular weight excluding hydrogens is 234 g/mol. The highest BCUT2D eigenvalue weighted by Gasteiger charge is 2.19. The SMILES string of the molecule is CCc1cnn(-c2ccccc2)c1CC1CCCN1. The minimum Gasteiger partial charge on any atom is -0.314 e. The van der Waals surface area contributed by atoms with Crippen molar-refractivity contribution < 1.29 is 0 Å². The summed E-state index contributed by atoms with van der Waals surface area (Å²) in [5.74, 6) is 0. The smallest absolute Gasteiger partial charge is 0.0648 e. The lowest BCUT2D eigenvalue weighted by Gasteiger charge is -2.14. The van der Waals surface area contributed by atoms with E-state index >= 15 is 0 Å². The Hall–Kier alpha value is -1.61. The molecule has 3 heteroatoms. The van der Waals surface area contributed by atoms with Crippen LogP contribution in [0.1, 0.15) is 31.0 Å². The Bertz CT molecular complexity index is 524. The van der Waals surface area contributed by atoms with Crippen molar-refractivity contribution in [1.29, 1.82) is 0 Å². The molecule has 1 aromatic carbocycles. The van der Waals surface area contributed by atoms with Gasteiger partial charge in [0.15, 0.2) is 0 Å². The largest absolute Gasteiger partial charge is 0.314 e. The first-order chi connectivity index (χ1) is 9.38. The summed E-state index contributed by atoms with van der Waals surface area (Å²) in [6.45, 7) is 3.36. The van der Waals surface area contributed by atoms with Gasteiger partial charge in [0.05, 0.1) is 11.9 Å². The predicted octanol–water partition coefficient (Wildman–Crippen LogP) is 2.73. The van der Waals surface area contributed by atoms with Crippen LogP contribution in [0.15, 0.2) is 36.5 Å². The Morgan fingerprint density at radius 2 is 2.16 bits per heavy atom. The summed E-state index contributed by atoms with van der Waals surface area (Å²) < 4.78 is 2.11. The lowest BCUT2D eigenvalue weighted by Crippen LogP contribution is -2.25. The zero-order valence-corrected chi connectivity index (χ0v) is 11.5. The van der Waals surface area contributed by atoms with E-state index in [0.717, 1.165) is 25.1 Å². The van der Waals surface area contributed by atoms with Gasteiger partial charge in [0, 0.05) is 18.2 Å². The van der Waals surface area contributed by atoms with Gasteiger partial charge in [0.25, 0.3) is 0 Å². The molecule has 0 saturated carbocycles. The molecule has 1 aromatic heterocycles. The fourth-order valence-corrected chi connectivity index (χ4v) is 2.88. The van der Waals surface area contributed by atoms with Crippen molar-refractivity contribution in [3.05, 3.63) is 47.8 Å². The number of hydrogen-bond acceptors (Lipinski definition) is 2. The highest BCUT2D eigenvalue weighted by Crippen LogP contribution is 2.19. The van der Waals surface area contributed by atoms with Crippen molar-refractivity contribution in [1.82, 2.24) is 15.1 Å². The van der Waals surface area contributed by atoms with Crippen LogP contribution < -0.4 is 5.32 Å². The second kappa shape index (κ2) is 5.57. The maximum Gasteiger partial charge on any atom is 0.0648 e. The third-order valence-electron chi connectivity index (χ3n) is 3.94. The molecule has 0 spiro atoms. The number of hydrogen-bond donors (Lipinski definition) is 1. The molecule has 3 nitrogen and oxygen atoms in total. The highest BCUT2D eigenvalue weighted by molar-refractivity contribution is 5.35. The zero-order chi connectivity index (χ0) is 13.1. The van der Waals surface area contributed by atoms with Crippen LogP contribution in [0, 0.1) is 0 Å². The Balaban J connectivity index is 1.93. The van der Waals surface area contributed by atoms with Gasteiger partial charge in [-0.3, -0.25) is 0 Å². The van der Waals surface area contributed by atoms with E-state index in [2.05, 4.69) is 46.3 Å². The van der Waals surface area contributed by atoms with E-state index in [1.54, 1.807) is 0 Å². The summed E-state index contributed by atoms with van der Waals surface area (Å²) in [6.07, 6.45) is 6.74. The van der Waals surface area contributed by atoms with E-state index in [1.807, 2.05) is 12.3 Å². The molecule has 0 bridgehead atoms. The molecule has 1 aliphatic heterocycles. The van der Waals surface area contributed by atoms with E-state index in [9.17, 15) is 0 Å². The third kappa shape index (κ3) is 2.56. The van der Waals surface area contributed by atoms with Crippen molar-refractivity contribution in [2.24, 2.45) is 0 Å². The summed E-state index contributed by atoms with van der Waals surface area (Å²) in [7, 11) is 0. The summed E-state index contributed by atoms with van der Waals surface area (Å²) in [5, 5.41) is 8.17. The fourth-order valence-electron chi connectivity index (χ4n) is 2.88. The van der Waals surface area contributed by atoms with Crippen molar-refractivity contribution in [2.45, 2.75) is 38.6 Å². The lowest BCUT2D eigenvalue weighted by atomic mass is 10.0. The van der Waals surface area contributed by atoms with Crippen LogP contribution in [0.3, 0.4) is 0 Å². The van der Waals surface area contributed by atoms with Gasteiger partial charge in [-0.15, -0.1) is 0 Å². The number of para-hydroxylation sites is 1. The van der Waals surface area contributed by atoms with Crippen LogP contribution in [-0.4, -0.2) is 22.4 Å². The predicted molar refractivity (Wildman–Crippen MR) is 77.7 cm³/mol. The quantitative estimate of drug-likeness (QED) is 0.910. The second-order valence-electron chi connectivity index (χ2n) is 5.21. The molecule has 2 aromatic rings. The van der Waals surface area contributed by atoms with Crippen LogP contribution in [0.25, 0.3) is 5.69 Å². The molecule has 0 aliphatic carbocycles. The fraction of sp³-hybridized carbons (Fsp3) is 0.438. The van der Waals surface area contributed by atoms with Gasteiger partial charge >= 0.3 is 0 Å². The molecule has 1 fully saturated rings. The van der Waals surface area contributed by atoms with Crippen LogP contribution in [0.4, 0.5) is 0 Å². The standard InChI is InChI=1S/C16H21N3/c1-2-13-12-18-19(15-8-4-3-5-9-15)16(13)11-14-7-6-10-17-14/h3-5,8-9,12,14,17H,2,6-7,10-11H2,1H3. The molecule has 1 unspecified atom stereocenters. The van der Waals surface area contributed by atoms with Crippen LogP contribution >= 0.6 is 0 Å². The molecule has 2 heterocycles. The van der Waals surface area contributed by atoms with E-state index in [0.29, 0.717) is 6.04 Å². The van der Waals surface area contributed by atoms with Crippen LogP contribution in [0.5, 0.6) is 0 Å². The van der Waals surface area contributed by atoms with E-state index in [1.165, 1.54) is 24.1 Å². The monoisotopic (exact) mass is 255 g/mol. The lowest BCUT2D eigenvalue weighted by molar-refractivity contribution is 0.581. The van der Waals surface area contributed by atoms with Gasteiger partial charge in [0.1, 0.15) is 0 Å². The summed E-state index contributed by atoms with van der Waals surface area (Å²) >= 11 is 0. The van der Waals surface area contributed by atoms with Gasteiger partial charge < -0.3 is 5.32 Å². The van der Waals surface area contributed by atoms with Crippen molar-refractivity contribution >= 4 is 0 Å². The van der Waals surface area contributed by atoms with Crippen molar-refractivity contribution in [2.75, 3.05) is 6.54 Å². The van der Waals surface area contributed by atoms with E-state index in [4.69, 9.17) is 0 Å². The summed E-state index contributed by atoms with van der Waals surface area (Å²) in [5.41, 5.74) is 3.90. The number of benzene rings is 1. The second-order valence-corrected chi connectivity index (χ2v) is 5.21. The van der Waals surface area contributed by atoms with Crippen molar-refractivity contribution in [3.63, 3.8) is 0 Å². The maximum atomic E-state index is 4.59. The normalized spacial score (nSPS) is 18.9. The highest BCUT2D eigenvalue weighted by atomic mass is 15.3. The number of rotatable bonds is 4. The Morgan fingerprint density at radius 3 is 2.84 bits per heavy atom. The number of aryl methyl sites for hydroxylation is 1. The molecule has 1 N–H and O–H groups in total. The van der Waals surface area contributed by atoms with Gasteiger partial charge in [-0.05, 0) is 43.5 Å². The van der Waals surface area contributed by atoms with Crippen LogP contribution in [0.2, 0.25) is 0 Å². The molecule has 3 rings (SSSR count). The molecule has 1 atom stereocenters. The maximum absolute atomic E-state index is 4.59.